The van der Waals surface area contributed by atoms with Gasteiger partial charge in [-0.2, -0.15) is 0 Å². The van der Waals surface area contributed by atoms with Crippen LogP contribution in [0.25, 0.3) is 27.8 Å². The fraction of sp³-hybridized carbons (Fsp3) is 0.105. The third kappa shape index (κ3) is 8.00. The fourth-order valence-electron chi connectivity index (χ4n) is 4.81. The Kier molecular flexibility index (Phi) is 9.67. The molecule has 0 saturated heterocycles. The number of hydrogen-bond donors (Lipinski definition) is 1. The Bertz CT molecular complexity index is 1490. The summed E-state index contributed by atoms with van der Waals surface area (Å²) in [5.74, 6) is -0.0826. The Morgan fingerprint density at radius 2 is 1.20 bits per heavy atom. The number of rotatable bonds is 11. The molecule has 3 nitrogen and oxygen atoms in total. The average Bonchev–Trinajstić information content (AvgIpc) is 3.04. The van der Waals surface area contributed by atoms with E-state index in [1.54, 1.807) is 12.3 Å². The first-order valence-electron chi connectivity index (χ1n) is 14.1. The predicted octanol–water partition coefficient (Wildman–Crippen LogP) is 8.54. The minimum atomic E-state index is -0.0826. The molecule has 0 aliphatic heterocycles. The van der Waals surface area contributed by atoms with Gasteiger partial charge in [0, 0.05) is 25.0 Å². The highest BCUT2D eigenvalue weighted by Crippen LogP contribution is 2.29. The third-order valence-corrected chi connectivity index (χ3v) is 7.03. The number of pyridine rings is 1. The molecule has 0 aliphatic rings. The molecule has 0 atom stereocenters. The van der Waals surface area contributed by atoms with Crippen molar-refractivity contribution in [1.29, 1.82) is 0 Å². The molecule has 0 saturated carbocycles. The summed E-state index contributed by atoms with van der Waals surface area (Å²) in [6.45, 7) is 0.655. The molecule has 202 valence electrons. The maximum Gasteiger partial charge on any atom is 0.243 e. The van der Waals surface area contributed by atoms with E-state index in [-0.39, 0.29) is 5.91 Å². The van der Waals surface area contributed by atoms with Gasteiger partial charge in [0.15, 0.2) is 0 Å². The van der Waals surface area contributed by atoms with Gasteiger partial charge in [0.05, 0.1) is 0 Å². The van der Waals surface area contributed by atoms with Gasteiger partial charge >= 0.3 is 0 Å². The third-order valence-electron chi connectivity index (χ3n) is 7.03. The number of nitrogens with zero attached hydrogens (tertiary/aromatic N) is 1. The summed E-state index contributed by atoms with van der Waals surface area (Å²) in [6, 6.07) is 42.0. The van der Waals surface area contributed by atoms with Gasteiger partial charge in [-0.05, 0) is 69.8 Å². The molecular weight excluding hydrogens is 500 g/mol. The van der Waals surface area contributed by atoms with Gasteiger partial charge in [-0.1, -0.05) is 127 Å². The Labute approximate surface area is 242 Å². The van der Waals surface area contributed by atoms with Crippen LogP contribution in [0.5, 0.6) is 0 Å². The van der Waals surface area contributed by atoms with E-state index in [1.165, 1.54) is 27.8 Å². The number of allylic oxidation sites excluding steroid dienone is 2. The first-order chi connectivity index (χ1) is 20.3. The summed E-state index contributed by atoms with van der Waals surface area (Å²) in [5, 5.41) is 3.00. The second-order valence-electron chi connectivity index (χ2n) is 9.94. The molecule has 0 spiro atoms. The Morgan fingerprint density at radius 1 is 0.634 bits per heavy atom. The van der Waals surface area contributed by atoms with Crippen LogP contribution in [-0.2, 0) is 11.2 Å². The van der Waals surface area contributed by atoms with E-state index in [2.05, 4.69) is 113 Å². The van der Waals surface area contributed by atoms with Crippen molar-refractivity contribution >= 4 is 11.5 Å². The highest BCUT2D eigenvalue weighted by atomic mass is 16.1. The predicted molar refractivity (Wildman–Crippen MR) is 170 cm³/mol. The number of aryl methyl sites for hydroxylation is 1. The fourth-order valence-corrected chi connectivity index (χ4v) is 4.81. The average molecular weight is 535 g/mol. The molecule has 4 aromatic carbocycles. The van der Waals surface area contributed by atoms with Crippen LogP contribution in [0.1, 0.15) is 29.5 Å². The van der Waals surface area contributed by atoms with Crippen LogP contribution < -0.4 is 5.32 Å². The Morgan fingerprint density at radius 3 is 1.73 bits per heavy atom. The van der Waals surface area contributed by atoms with Crippen molar-refractivity contribution in [1.82, 2.24) is 10.3 Å². The zero-order chi connectivity index (χ0) is 28.1. The van der Waals surface area contributed by atoms with Crippen LogP contribution in [0, 0.1) is 0 Å². The van der Waals surface area contributed by atoms with Gasteiger partial charge in [-0.15, -0.1) is 0 Å². The number of hydrogen-bond acceptors (Lipinski definition) is 2. The molecule has 0 radical (unpaired) electrons. The van der Waals surface area contributed by atoms with Gasteiger partial charge in [0.2, 0.25) is 5.91 Å². The quantitative estimate of drug-likeness (QED) is 0.105. The van der Waals surface area contributed by atoms with Gasteiger partial charge in [-0.3, -0.25) is 9.78 Å². The summed E-state index contributed by atoms with van der Waals surface area (Å²) in [7, 11) is 0. The topological polar surface area (TPSA) is 42.0 Å². The van der Waals surface area contributed by atoms with Crippen LogP contribution in [-0.4, -0.2) is 17.4 Å². The molecule has 5 rings (SSSR count). The Hall–Kier alpha value is -5.02. The molecule has 0 bridgehead atoms. The van der Waals surface area contributed by atoms with Gasteiger partial charge in [0.25, 0.3) is 0 Å². The van der Waals surface area contributed by atoms with Gasteiger partial charge in [0.1, 0.15) is 0 Å². The zero-order valence-electron chi connectivity index (χ0n) is 23.1. The molecular formula is C38H34N2O. The number of carbonyl (C=O) groups excluding carboxylic acids is 1. The second kappa shape index (κ2) is 14.4. The lowest BCUT2D eigenvalue weighted by atomic mass is 9.94. The standard InChI is InChI=1S/C38H34N2O/c41-38(40-28-8-7-11-30-12-10-27-39-29-30)18-9-17-37(35-23-19-33(20-24-35)31-13-3-1-4-14-31)36-25-21-34(22-26-36)32-15-5-2-6-16-32/h1-6,9-10,12-27,29H,7-8,11,28H2,(H,40,41)/b18-9+. The lowest BCUT2D eigenvalue weighted by Crippen LogP contribution is -2.22. The largest absolute Gasteiger partial charge is 0.353 e. The second-order valence-corrected chi connectivity index (χ2v) is 9.94. The SMILES string of the molecule is O=C(/C=C/C=C(c1ccc(-c2ccccc2)cc1)c1ccc(-c2ccccc2)cc1)NCCCCc1cccnc1. The highest BCUT2D eigenvalue weighted by molar-refractivity contribution is 5.89. The molecule has 0 fully saturated rings. The molecule has 0 unspecified atom stereocenters. The Balaban J connectivity index is 1.28. The summed E-state index contributed by atoms with van der Waals surface area (Å²) >= 11 is 0. The van der Waals surface area contributed by atoms with Crippen molar-refractivity contribution < 1.29 is 4.79 Å². The van der Waals surface area contributed by atoms with E-state index in [9.17, 15) is 4.79 Å². The van der Waals surface area contributed by atoms with Crippen molar-refractivity contribution in [3.05, 3.63) is 169 Å². The van der Waals surface area contributed by atoms with Gasteiger partial charge in [-0.25, -0.2) is 0 Å². The highest BCUT2D eigenvalue weighted by Gasteiger charge is 2.07. The lowest BCUT2D eigenvalue weighted by molar-refractivity contribution is -0.116. The molecule has 1 aromatic heterocycles. The van der Waals surface area contributed by atoms with E-state index in [4.69, 9.17) is 0 Å². The molecule has 3 heteroatoms. The van der Waals surface area contributed by atoms with Crippen molar-refractivity contribution in [2.45, 2.75) is 19.3 Å². The number of nitrogens with one attached hydrogen (secondary N) is 1. The molecule has 5 aromatic rings. The molecule has 1 N–H and O–H groups in total. The van der Waals surface area contributed by atoms with Crippen LogP contribution >= 0.6 is 0 Å². The van der Waals surface area contributed by atoms with Crippen molar-refractivity contribution in [2.24, 2.45) is 0 Å². The number of benzene rings is 4. The maximum atomic E-state index is 12.5. The van der Waals surface area contributed by atoms with Crippen molar-refractivity contribution in [3.8, 4) is 22.3 Å². The molecule has 1 amide bonds. The summed E-state index contributed by atoms with van der Waals surface area (Å²) in [5.41, 5.74) is 9.20. The number of amides is 1. The van der Waals surface area contributed by atoms with Crippen LogP contribution in [0.2, 0.25) is 0 Å². The number of aromatic nitrogens is 1. The van der Waals surface area contributed by atoms with Crippen LogP contribution in [0.15, 0.2) is 152 Å². The molecule has 41 heavy (non-hydrogen) atoms. The number of carbonyl (C=O) groups is 1. The van der Waals surface area contributed by atoms with E-state index in [1.807, 2.05) is 36.5 Å². The summed E-state index contributed by atoms with van der Waals surface area (Å²) in [6.07, 6.45) is 12.1. The zero-order valence-corrected chi connectivity index (χ0v) is 23.1. The normalized spacial score (nSPS) is 10.8. The van der Waals surface area contributed by atoms with Crippen LogP contribution in [0.4, 0.5) is 0 Å². The van der Waals surface area contributed by atoms with Crippen LogP contribution in [0.3, 0.4) is 0 Å². The van der Waals surface area contributed by atoms with E-state index in [0.717, 1.165) is 36.0 Å². The maximum absolute atomic E-state index is 12.5. The van der Waals surface area contributed by atoms with E-state index < -0.39 is 0 Å². The lowest BCUT2D eigenvalue weighted by Gasteiger charge is -2.11. The van der Waals surface area contributed by atoms with Crippen molar-refractivity contribution in [2.75, 3.05) is 6.54 Å². The first kappa shape index (κ1) is 27.5. The van der Waals surface area contributed by atoms with Crippen molar-refractivity contribution in [3.63, 3.8) is 0 Å². The first-order valence-corrected chi connectivity index (χ1v) is 14.1. The monoisotopic (exact) mass is 534 g/mol. The number of unbranched alkanes of at least 4 members (excludes halogenated alkanes) is 1. The minimum Gasteiger partial charge on any atom is -0.353 e. The summed E-state index contributed by atoms with van der Waals surface area (Å²) in [4.78, 5) is 16.7. The molecule has 1 heterocycles. The van der Waals surface area contributed by atoms with E-state index >= 15 is 0 Å². The summed E-state index contributed by atoms with van der Waals surface area (Å²) < 4.78 is 0. The van der Waals surface area contributed by atoms with Gasteiger partial charge < -0.3 is 5.32 Å². The van der Waals surface area contributed by atoms with E-state index in [0.29, 0.717) is 6.54 Å². The minimum absolute atomic E-state index is 0.0826. The smallest absolute Gasteiger partial charge is 0.243 e. The molecule has 0 aliphatic carbocycles.